The van der Waals surface area contributed by atoms with Crippen LogP contribution in [0.15, 0.2) is 54.6 Å². The van der Waals surface area contributed by atoms with Crippen LogP contribution in [0.25, 0.3) is 0 Å². The van der Waals surface area contributed by atoms with Crippen LogP contribution in [0.5, 0.6) is 5.75 Å². The number of hydrogen-bond donors (Lipinski definition) is 1. The molecule has 2 aromatic carbocycles. The molecule has 152 valence electrons. The first-order valence-corrected chi connectivity index (χ1v) is 11.3. The highest BCUT2D eigenvalue weighted by atomic mass is 32.2. The van der Waals surface area contributed by atoms with Crippen molar-refractivity contribution < 1.29 is 17.9 Å². The van der Waals surface area contributed by atoms with Crippen molar-refractivity contribution in [2.75, 3.05) is 23.7 Å². The largest absolute Gasteiger partial charge is 0.492 e. The van der Waals surface area contributed by atoms with Crippen molar-refractivity contribution in [2.24, 2.45) is 0 Å². The maximum absolute atomic E-state index is 12.7. The van der Waals surface area contributed by atoms with E-state index in [1.54, 1.807) is 37.3 Å². The molecule has 2 rings (SSSR count). The van der Waals surface area contributed by atoms with Crippen LogP contribution in [0.4, 0.5) is 5.69 Å². The van der Waals surface area contributed by atoms with E-state index in [0.29, 0.717) is 18.7 Å². The molecule has 0 fully saturated rings. The molecule has 0 aliphatic carbocycles. The second kappa shape index (κ2) is 10.1. The van der Waals surface area contributed by atoms with E-state index < -0.39 is 16.1 Å². The van der Waals surface area contributed by atoms with E-state index in [9.17, 15) is 13.2 Å². The number of benzene rings is 2. The summed E-state index contributed by atoms with van der Waals surface area (Å²) in [5, 5.41) is 2.78. The molecule has 0 aromatic heterocycles. The quantitative estimate of drug-likeness (QED) is 0.618. The molecule has 1 amide bonds. The maximum atomic E-state index is 12.7. The Labute approximate surface area is 167 Å². The lowest BCUT2D eigenvalue weighted by atomic mass is 10.2. The van der Waals surface area contributed by atoms with E-state index in [-0.39, 0.29) is 12.5 Å². The zero-order chi connectivity index (χ0) is 20.6. The van der Waals surface area contributed by atoms with Crippen LogP contribution in [0.1, 0.15) is 25.8 Å². The lowest BCUT2D eigenvalue weighted by Crippen LogP contribution is -2.49. The van der Waals surface area contributed by atoms with Crippen LogP contribution in [0, 0.1) is 0 Å². The van der Waals surface area contributed by atoms with Gasteiger partial charge in [0.15, 0.2) is 0 Å². The smallest absolute Gasteiger partial charge is 0.244 e. The molecule has 28 heavy (non-hydrogen) atoms. The van der Waals surface area contributed by atoms with Gasteiger partial charge in [-0.05, 0) is 42.7 Å². The topological polar surface area (TPSA) is 75.7 Å². The number of carbonyl (C=O) groups excluding carboxylic acids is 1. The molecule has 0 saturated carbocycles. The van der Waals surface area contributed by atoms with Crippen molar-refractivity contribution in [1.29, 1.82) is 0 Å². The number of nitrogens with one attached hydrogen (secondary N) is 1. The fraction of sp³-hybridized carbons (Fsp3) is 0.381. The van der Waals surface area contributed by atoms with E-state index >= 15 is 0 Å². The van der Waals surface area contributed by atoms with E-state index in [0.717, 1.165) is 18.4 Å². The predicted octanol–water partition coefficient (Wildman–Crippen LogP) is 2.99. The van der Waals surface area contributed by atoms with Gasteiger partial charge in [0, 0.05) is 0 Å². The molecule has 0 spiro atoms. The van der Waals surface area contributed by atoms with Crippen LogP contribution >= 0.6 is 0 Å². The van der Waals surface area contributed by atoms with Crippen LogP contribution < -0.4 is 14.4 Å². The summed E-state index contributed by atoms with van der Waals surface area (Å²) in [5.74, 6) is 0.391. The Morgan fingerprint density at radius 2 is 1.71 bits per heavy atom. The zero-order valence-electron chi connectivity index (χ0n) is 16.6. The molecule has 0 aliphatic heterocycles. The number of carbonyl (C=O) groups is 1. The zero-order valence-corrected chi connectivity index (χ0v) is 17.4. The number of anilines is 1. The third kappa shape index (κ3) is 5.99. The lowest BCUT2D eigenvalue weighted by Gasteiger charge is -2.30. The average molecular weight is 405 g/mol. The second-order valence-electron chi connectivity index (χ2n) is 6.46. The molecule has 0 saturated heterocycles. The fourth-order valence-corrected chi connectivity index (χ4v) is 4.13. The number of rotatable bonds is 10. The minimum atomic E-state index is -3.61. The van der Waals surface area contributed by atoms with Gasteiger partial charge in [-0.15, -0.1) is 0 Å². The van der Waals surface area contributed by atoms with Gasteiger partial charge < -0.3 is 10.1 Å². The van der Waals surface area contributed by atoms with E-state index in [1.807, 2.05) is 24.3 Å². The summed E-state index contributed by atoms with van der Waals surface area (Å²) in [7, 11) is -3.61. The molecule has 1 N–H and O–H groups in total. The first-order chi connectivity index (χ1) is 13.4. The third-order valence-corrected chi connectivity index (χ3v) is 5.52. The van der Waals surface area contributed by atoms with Crippen LogP contribution in [0.2, 0.25) is 0 Å². The van der Waals surface area contributed by atoms with E-state index in [2.05, 4.69) is 12.2 Å². The molecule has 0 heterocycles. The number of sulfonamides is 1. The Morgan fingerprint density at radius 3 is 2.25 bits per heavy atom. The van der Waals surface area contributed by atoms with Gasteiger partial charge >= 0.3 is 0 Å². The normalized spacial score (nSPS) is 12.2. The Morgan fingerprint density at radius 1 is 1.07 bits per heavy atom. The van der Waals surface area contributed by atoms with E-state index in [1.165, 1.54) is 9.87 Å². The summed E-state index contributed by atoms with van der Waals surface area (Å²) in [4.78, 5) is 12.7. The minimum absolute atomic E-state index is 0.289. The highest BCUT2D eigenvalue weighted by Crippen LogP contribution is 2.22. The molecule has 1 atom stereocenters. The number of ether oxygens (including phenoxy) is 1. The molecular formula is C21H28N2O4S. The summed E-state index contributed by atoms with van der Waals surface area (Å²) in [5.41, 5.74) is 1.70. The molecule has 1 unspecified atom stereocenters. The van der Waals surface area contributed by atoms with Gasteiger partial charge in [-0.3, -0.25) is 9.10 Å². The summed E-state index contributed by atoms with van der Waals surface area (Å²) in [6, 6.07) is 15.6. The Kier molecular flexibility index (Phi) is 7.87. The fourth-order valence-electron chi connectivity index (χ4n) is 2.92. The van der Waals surface area contributed by atoms with Crippen molar-refractivity contribution in [2.45, 2.75) is 32.7 Å². The molecular weight excluding hydrogens is 376 g/mol. The number of aryl methyl sites for hydroxylation is 1. The first kappa shape index (κ1) is 21.8. The van der Waals surface area contributed by atoms with Crippen LogP contribution in [-0.2, 0) is 21.2 Å². The summed E-state index contributed by atoms with van der Waals surface area (Å²) in [6.45, 7) is 4.47. The highest BCUT2D eigenvalue weighted by molar-refractivity contribution is 7.92. The van der Waals surface area contributed by atoms with Crippen molar-refractivity contribution >= 4 is 21.6 Å². The summed E-state index contributed by atoms with van der Waals surface area (Å²) >= 11 is 0. The maximum Gasteiger partial charge on any atom is 0.244 e. The van der Waals surface area contributed by atoms with Gasteiger partial charge in [-0.25, -0.2) is 8.42 Å². The number of para-hydroxylation sites is 1. The van der Waals surface area contributed by atoms with Gasteiger partial charge in [0.25, 0.3) is 0 Å². The Bertz CT molecular complexity index is 852. The monoisotopic (exact) mass is 404 g/mol. The SMILES string of the molecule is CCc1ccc(OCCNC(=O)C(CC)N(c2ccccc2)S(C)(=O)=O)cc1. The molecule has 0 radical (unpaired) electrons. The summed E-state index contributed by atoms with van der Waals surface area (Å²) < 4.78 is 31.5. The number of nitrogens with zero attached hydrogens (tertiary/aromatic N) is 1. The van der Waals surface area contributed by atoms with Crippen LogP contribution in [-0.4, -0.2) is 39.8 Å². The second-order valence-corrected chi connectivity index (χ2v) is 8.31. The Hall–Kier alpha value is -2.54. The third-order valence-electron chi connectivity index (χ3n) is 4.34. The van der Waals surface area contributed by atoms with Gasteiger partial charge in [0.05, 0.1) is 18.5 Å². The van der Waals surface area contributed by atoms with Gasteiger partial charge in [0.2, 0.25) is 15.9 Å². The molecule has 7 heteroatoms. The first-order valence-electron chi connectivity index (χ1n) is 9.40. The van der Waals surface area contributed by atoms with Gasteiger partial charge in [0.1, 0.15) is 18.4 Å². The molecule has 0 aliphatic rings. The van der Waals surface area contributed by atoms with Gasteiger partial charge in [-0.1, -0.05) is 44.2 Å². The van der Waals surface area contributed by atoms with Crippen molar-refractivity contribution in [3.05, 3.63) is 60.2 Å². The van der Waals surface area contributed by atoms with E-state index in [4.69, 9.17) is 4.74 Å². The number of amides is 1. The highest BCUT2D eigenvalue weighted by Gasteiger charge is 2.31. The molecule has 6 nitrogen and oxygen atoms in total. The lowest BCUT2D eigenvalue weighted by molar-refractivity contribution is -0.122. The van der Waals surface area contributed by atoms with Crippen molar-refractivity contribution in [3.63, 3.8) is 0 Å². The molecule has 0 bridgehead atoms. The summed E-state index contributed by atoms with van der Waals surface area (Å²) in [6.07, 6.45) is 2.43. The molecule has 2 aromatic rings. The predicted molar refractivity (Wildman–Crippen MR) is 112 cm³/mol. The minimum Gasteiger partial charge on any atom is -0.492 e. The van der Waals surface area contributed by atoms with Crippen LogP contribution in [0.3, 0.4) is 0 Å². The van der Waals surface area contributed by atoms with Gasteiger partial charge in [-0.2, -0.15) is 0 Å². The average Bonchev–Trinajstić information content (AvgIpc) is 2.69. The van der Waals surface area contributed by atoms with Crippen molar-refractivity contribution in [1.82, 2.24) is 5.32 Å². The standard InChI is InChI=1S/C21H28N2O4S/c1-4-17-11-13-19(14-12-17)27-16-15-22-21(24)20(5-2)23(28(3,25)26)18-9-7-6-8-10-18/h6-14,20H,4-5,15-16H2,1-3H3,(H,22,24). The van der Waals surface area contributed by atoms with Crippen molar-refractivity contribution in [3.8, 4) is 5.75 Å². The Balaban J connectivity index is 1.97. The number of hydrogen-bond acceptors (Lipinski definition) is 4.